The average molecular weight is 287 g/mol. The topological polar surface area (TPSA) is 20.2 Å². The maximum atomic E-state index is 10.0. The van der Waals surface area contributed by atoms with Crippen molar-refractivity contribution in [3.05, 3.63) is 23.8 Å². The largest absolute Gasteiger partial charge is 0.385 e. The van der Waals surface area contributed by atoms with Crippen LogP contribution in [0.4, 0.5) is 0 Å². The maximum absolute atomic E-state index is 10.0. The first-order valence-electron chi connectivity index (χ1n) is 5.77. The van der Waals surface area contributed by atoms with Crippen LogP contribution in [0.5, 0.6) is 0 Å². The van der Waals surface area contributed by atoms with Crippen molar-refractivity contribution in [3.8, 4) is 0 Å². The summed E-state index contributed by atoms with van der Waals surface area (Å²) >= 11 is 3.80. The van der Waals surface area contributed by atoms with Crippen molar-refractivity contribution in [2.24, 2.45) is 10.8 Å². The molecule has 1 nitrogen and oxygen atoms in total. The van der Waals surface area contributed by atoms with Crippen LogP contribution in [0.2, 0.25) is 0 Å². The van der Waals surface area contributed by atoms with Crippen LogP contribution < -0.4 is 0 Å². The van der Waals surface area contributed by atoms with Crippen LogP contribution in [-0.4, -0.2) is 15.5 Å². The zero-order valence-corrected chi connectivity index (χ0v) is 12.7. The van der Waals surface area contributed by atoms with Crippen molar-refractivity contribution in [3.63, 3.8) is 0 Å². The van der Waals surface area contributed by atoms with E-state index in [4.69, 9.17) is 0 Å². The van der Waals surface area contributed by atoms with E-state index in [0.29, 0.717) is 0 Å². The monoisotopic (exact) mass is 286 g/mol. The van der Waals surface area contributed by atoms with Crippen molar-refractivity contribution < 1.29 is 5.11 Å². The molecule has 16 heavy (non-hydrogen) atoms. The molecule has 1 N–H and O–H groups in total. The number of hydrogen-bond donors (Lipinski definition) is 1. The molecule has 2 heteroatoms. The quantitative estimate of drug-likeness (QED) is 0.526. The van der Waals surface area contributed by atoms with Crippen LogP contribution in [0.25, 0.3) is 0 Å². The molecule has 0 radical (unpaired) electrons. The van der Waals surface area contributed by atoms with E-state index in [1.807, 2.05) is 6.08 Å². The summed E-state index contributed by atoms with van der Waals surface area (Å²) < 4.78 is -0.165. The van der Waals surface area contributed by atoms with E-state index in [0.717, 1.165) is 5.57 Å². The minimum atomic E-state index is -0.451. The Hall–Kier alpha value is -0.0800. The van der Waals surface area contributed by atoms with E-state index in [-0.39, 0.29) is 15.2 Å². The van der Waals surface area contributed by atoms with Crippen LogP contribution in [-0.2, 0) is 0 Å². The van der Waals surface area contributed by atoms with Gasteiger partial charge in [-0.3, -0.25) is 0 Å². The molecule has 0 aliphatic heterocycles. The van der Waals surface area contributed by atoms with Crippen LogP contribution >= 0.6 is 15.9 Å². The van der Waals surface area contributed by atoms with Gasteiger partial charge in [-0.2, -0.15) is 0 Å². The fourth-order valence-electron chi connectivity index (χ4n) is 1.82. The fraction of sp³-hybridized carbons (Fsp3) is 0.714. The molecule has 2 atom stereocenters. The molecule has 0 spiro atoms. The van der Waals surface area contributed by atoms with E-state index in [2.05, 4.69) is 69.6 Å². The molecular weight excluding hydrogens is 264 g/mol. The van der Waals surface area contributed by atoms with E-state index in [1.54, 1.807) is 0 Å². The third kappa shape index (κ3) is 2.60. The SMILES string of the molecule is CC(C)(C)C1=CC(Br)(C(C)(C)C)C=CC1O. The Kier molecular flexibility index (Phi) is 3.49. The Morgan fingerprint density at radius 1 is 1.19 bits per heavy atom. The minimum absolute atomic E-state index is 0.00551. The van der Waals surface area contributed by atoms with Crippen molar-refractivity contribution >= 4 is 15.9 Å². The smallest absolute Gasteiger partial charge is 0.0938 e. The number of rotatable bonds is 0. The predicted octanol–water partition coefficient (Wildman–Crippen LogP) is 4.07. The summed E-state index contributed by atoms with van der Waals surface area (Å²) in [6.07, 6.45) is 5.68. The molecule has 2 unspecified atom stereocenters. The fourth-order valence-corrected chi connectivity index (χ4v) is 2.22. The Bertz CT molecular complexity index is 328. The third-order valence-electron chi connectivity index (χ3n) is 3.22. The first-order valence-corrected chi connectivity index (χ1v) is 6.56. The first-order chi connectivity index (χ1) is 6.97. The number of halogens is 1. The molecule has 92 valence electrons. The molecule has 0 bridgehead atoms. The van der Waals surface area contributed by atoms with Gasteiger partial charge in [0.25, 0.3) is 0 Å². The van der Waals surface area contributed by atoms with Gasteiger partial charge >= 0.3 is 0 Å². The molecule has 1 aliphatic carbocycles. The number of aliphatic hydroxyl groups excluding tert-OH is 1. The van der Waals surface area contributed by atoms with Gasteiger partial charge in [0.15, 0.2) is 0 Å². The third-order valence-corrected chi connectivity index (χ3v) is 4.90. The summed E-state index contributed by atoms with van der Waals surface area (Å²) in [6, 6.07) is 0. The lowest BCUT2D eigenvalue weighted by molar-refractivity contribution is 0.220. The Balaban J connectivity index is 3.21. The summed E-state index contributed by atoms with van der Waals surface area (Å²) in [5, 5.41) is 10.0. The molecule has 0 aromatic rings. The van der Waals surface area contributed by atoms with E-state index in [9.17, 15) is 5.11 Å². The highest BCUT2D eigenvalue weighted by Gasteiger charge is 2.40. The Morgan fingerprint density at radius 2 is 1.69 bits per heavy atom. The average Bonchev–Trinajstić information content (AvgIpc) is 2.05. The van der Waals surface area contributed by atoms with Crippen LogP contribution in [0.15, 0.2) is 23.8 Å². The van der Waals surface area contributed by atoms with Crippen LogP contribution in [0.1, 0.15) is 41.5 Å². The van der Waals surface area contributed by atoms with Crippen LogP contribution in [0, 0.1) is 10.8 Å². The first kappa shape index (κ1) is 14.0. The van der Waals surface area contributed by atoms with Crippen molar-refractivity contribution in [2.75, 3.05) is 0 Å². The second kappa shape index (κ2) is 3.99. The molecule has 0 saturated carbocycles. The minimum Gasteiger partial charge on any atom is -0.385 e. The molecule has 0 aromatic heterocycles. The summed E-state index contributed by atoms with van der Waals surface area (Å²) in [4.78, 5) is 0. The van der Waals surface area contributed by atoms with Crippen molar-refractivity contribution in [2.45, 2.75) is 52.0 Å². The number of hydrogen-bond acceptors (Lipinski definition) is 1. The lowest BCUT2D eigenvalue weighted by Crippen LogP contribution is -2.38. The predicted molar refractivity (Wildman–Crippen MR) is 73.8 cm³/mol. The molecule has 1 rings (SSSR count). The highest BCUT2D eigenvalue weighted by Crippen LogP contribution is 2.46. The second-order valence-corrected chi connectivity index (χ2v) is 7.98. The number of aliphatic hydroxyl groups is 1. The summed E-state index contributed by atoms with van der Waals surface area (Å²) in [7, 11) is 0. The summed E-state index contributed by atoms with van der Waals surface area (Å²) in [5.74, 6) is 0. The molecule has 1 aliphatic rings. The number of alkyl halides is 1. The summed E-state index contributed by atoms with van der Waals surface area (Å²) in [5.41, 5.74) is 1.16. The second-order valence-electron chi connectivity index (χ2n) is 6.67. The standard InChI is InChI=1S/C14H23BrO/c1-12(2,3)10-9-14(15,13(4,5)6)8-7-11(10)16/h7-9,11,16H,1-6H3. The maximum Gasteiger partial charge on any atom is 0.0938 e. The molecule has 0 fully saturated rings. The van der Waals surface area contributed by atoms with E-state index < -0.39 is 6.10 Å². The zero-order valence-electron chi connectivity index (χ0n) is 11.1. The lowest BCUT2D eigenvalue weighted by Gasteiger charge is -2.41. The summed E-state index contributed by atoms with van der Waals surface area (Å²) in [6.45, 7) is 13.0. The highest BCUT2D eigenvalue weighted by atomic mass is 79.9. The van der Waals surface area contributed by atoms with Crippen LogP contribution in [0.3, 0.4) is 0 Å². The molecule has 0 amide bonds. The van der Waals surface area contributed by atoms with Gasteiger partial charge in [0.2, 0.25) is 0 Å². The number of allylic oxidation sites excluding steroid dienone is 2. The lowest BCUT2D eigenvalue weighted by atomic mass is 9.72. The van der Waals surface area contributed by atoms with Gasteiger partial charge in [0.1, 0.15) is 0 Å². The van der Waals surface area contributed by atoms with Gasteiger partial charge in [0.05, 0.1) is 10.4 Å². The van der Waals surface area contributed by atoms with E-state index in [1.165, 1.54) is 0 Å². The van der Waals surface area contributed by atoms with Gasteiger partial charge < -0.3 is 5.11 Å². The Morgan fingerprint density at radius 3 is 2.06 bits per heavy atom. The Labute approximate surface area is 108 Å². The van der Waals surface area contributed by atoms with Crippen molar-refractivity contribution in [1.29, 1.82) is 0 Å². The van der Waals surface area contributed by atoms with Gasteiger partial charge in [-0.05, 0) is 16.4 Å². The van der Waals surface area contributed by atoms with E-state index >= 15 is 0 Å². The molecule has 0 aromatic carbocycles. The van der Waals surface area contributed by atoms with Gasteiger partial charge in [0, 0.05) is 0 Å². The molecule has 0 saturated heterocycles. The molecular formula is C14H23BrO. The molecule has 0 heterocycles. The normalized spacial score (nSPS) is 31.5. The van der Waals surface area contributed by atoms with Gasteiger partial charge in [-0.1, -0.05) is 75.7 Å². The zero-order chi connectivity index (χ0) is 12.8. The van der Waals surface area contributed by atoms with Gasteiger partial charge in [-0.25, -0.2) is 0 Å². The highest BCUT2D eigenvalue weighted by molar-refractivity contribution is 9.10. The van der Waals surface area contributed by atoms with Crippen molar-refractivity contribution in [1.82, 2.24) is 0 Å². The van der Waals surface area contributed by atoms with Gasteiger partial charge in [-0.15, -0.1) is 0 Å².